The third-order valence-corrected chi connectivity index (χ3v) is 5.35. The minimum absolute atomic E-state index is 0.162. The van der Waals surface area contributed by atoms with Gasteiger partial charge in [0, 0.05) is 43.7 Å². The van der Waals surface area contributed by atoms with E-state index < -0.39 is 11.7 Å². The van der Waals surface area contributed by atoms with Crippen molar-refractivity contribution in [3.8, 4) is 0 Å². The third-order valence-electron chi connectivity index (χ3n) is 4.49. The number of alkyl halides is 3. The number of halogens is 3. The summed E-state index contributed by atoms with van der Waals surface area (Å²) in [5.74, 6) is -0.162. The van der Waals surface area contributed by atoms with E-state index in [4.69, 9.17) is 0 Å². The van der Waals surface area contributed by atoms with E-state index in [0.29, 0.717) is 18.7 Å². The van der Waals surface area contributed by atoms with Crippen molar-refractivity contribution in [3.63, 3.8) is 0 Å². The topological polar surface area (TPSA) is 23.6 Å². The number of carbonyl (C=O) groups excluding carboxylic acids is 1. The Kier molecular flexibility index (Phi) is 6.34. The van der Waals surface area contributed by atoms with Gasteiger partial charge in [0.25, 0.3) is 0 Å². The summed E-state index contributed by atoms with van der Waals surface area (Å²) in [4.78, 5) is 17.8. The first kappa shape index (κ1) is 19.6. The van der Waals surface area contributed by atoms with E-state index >= 15 is 0 Å². The quantitative estimate of drug-likeness (QED) is 0.712. The molecule has 1 aromatic heterocycles. The van der Waals surface area contributed by atoms with Crippen molar-refractivity contribution in [2.45, 2.75) is 19.1 Å². The molecule has 0 unspecified atom stereocenters. The van der Waals surface area contributed by atoms with Crippen LogP contribution in [0.2, 0.25) is 0 Å². The van der Waals surface area contributed by atoms with E-state index in [0.717, 1.165) is 38.2 Å². The molecule has 27 heavy (non-hydrogen) atoms. The number of nitrogens with zero attached hydrogens (tertiary/aromatic N) is 2. The number of amides is 1. The van der Waals surface area contributed by atoms with Crippen LogP contribution in [0.3, 0.4) is 0 Å². The molecule has 0 spiro atoms. The van der Waals surface area contributed by atoms with Crippen LogP contribution in [0.4, 0.5) is 13.2 Å². The smallest absolute Gasteiger partial charge is 0.338 e. The standard InChI is InChI=1S/C20H21F3N2OS/c21-20(22,23)17-5-1-4-16(14-17)7-8-19(26)25-10-3-9-24(11-12-25)15-18-6-2-13-27-18/h1-2,4-8,13-14H,3,9-12,15H2/b8-7-. The van der Waals surface area contributed by atoms with Gasteiger partial charge in [-0.1, -0.05) is 18.2 Å². The second-order valence-corrected chi connectivity index (χ2v) is 7.52. The molecule has 0 atom stereocenters. The first-order chi connectivity index (χ1) is 12.9. The highest BCUT2D eigenvalue weighted by Gasteiger charge is 2.30. The number of carbonyl (C=O) groups is 1. The number of benzene rings is 1. The molecule has 1 saturated heterocycles. The van der Waals surface area contributed by atoms with Gasteiger partial charge in [0.05, 0.1) is 5.56 Å². The number of hydrogen-bond donors (Lipinski definition) is 0. The fraction of sp³-hybridized carbons (Fsp3) is 0.350. The van der Waals surface area contributed by atoms with Crippen LogP contribution in [0.25, 0.3) is 6.08 Å². The van der Waals surface area contributed by atoms with Crippen molar-refractivity contribution >= 4 is 23.3 Å². The molecule has 3 rings (SSSR count). The van der Waals surface area contributed by atoms with Gasteiger partial charge in [-0.3, -0.25) is 9.69 Å². The maximum Gasteiger partial charge on any atom is 0.416 e. The summed E-state index contributed by atoms with van der Waals surface area (Å²) in [5.41, 5.74) is -0.344. The predicted molar refractivity (Wildman–Crippen MR) is 101 cm³/mol. The van der Waals surface area contributed by atoms with Crippen molar-refractivity contribution in [1.82, 2.24) is 9.80 Å². The summed E-state index contributed by atoms with van der Waals surface area (Å²) in [6.07, 6.45) is -0.685. The Hall–Kier alpha value is -2.12. The number of rotatable bonds is 4. The van der Waals surface area contributed by atoms with Crippen molar-refractivity contribution in [2.24, 2.45) is 0 Å². The van der Waals surface area contributed by atoms with Gasteiger partial charge < -0.3 is 4.90 Å². The second-order valence-electron chi connectivity index (χ2n) is 6.49. The monoisotopic (exact) mass is 394 g/mol. The molecule has 3 nitrogen and oxygen atoms in total. The van der Waals surface area contributed by atoms with Gasteiger partial charge in [-0.15, -0.1) is 11.3 Å². The first-order valence-electron chi connectivity index (χ1n) is 8.81. The molecule has 1 aliphatic rings. The first-order valence-corrected chi connectivity index (χ1v) is 9.69. The van der Waals surface area contributed by atoms with Crippen LogP contribution in [-0.4, -0.2) is 41.9 Å². The van der Waals surface area contributed by atoms with Crippen LogP contribution >= 0.6 is 11.3 Å². The predicted octanol–water partition coefficient (Wildman–Crippen LogP) is 4.51. The fourth-order valence-corrected chi connectivity index (χ4v) is 3.81. The zero-order chi connectivity index (χ0) is 19.3. The highest BCUT2D eigenvalue weighted by atomic mass is 32.1. The molecule has 2 aromatic rings. The lowest BCUT2D eigenvalue weighted by molar-refractivity contribution is -0.137. The molecule has 1 aromatic carbocycles. The van der Waals surface area contributed by atoms with Crippen molar-refractivity contribution in [3.05, 3.63) is 63.9 Å². The molecule has 7 heteroatoms. The van der Waals surface area contributed by atoms with E-state index in [2.05, 4.69) is 16.3 Å². The van der Waals surface area contributed by atoms with Gasteiger partial charge in [0.1, 0.15) is 0 Å². The van der Waals surface area contributed by atoms with Crippen LogP contribution in [0.5, 0.6) is 0 Å². The molecule has 0 aliphatic carbocycles. The number of hydrogen-bond acceptors (Lipinski definition) is 3. The molecule has 0 saturated carbocycles. The van der Waals surface area contributed by atoms with Crippen molar-refractivity contribution in [1.29, 1.82) is 0 Å². The van der Waals surface area contributed by atoms with Gasteiger partial charge in [-0.25, -0.2) is 0 Å². The largest absolute Gasteiger partial charge is 0.416 e. The Morgan fingerprint density at radius 1 is 1.11 bits per heavy atom. The third kappa shape index (κ3) is 5.68. The Morgan fingerprint density at radius 3 is 2.70 bits per heavy atom. The summed E-state index contributed by atoms with van der Waals surface area (Å²) < 4.78 is 38.3. The molecular formula is C20H21F3N2OS. The van der Waals surface area contributed by atoms with Gasteiger partial charge in [0.2, 0.25) is 5.91 Å². The minimum atomic E-state index is -4.38. The van der Waals surface area contributed by atoms with E-state index in [1.165, 1.54) is 23.1 Å². The van der Waals surface area contributed by atoms with E-state index in [-0.39, 0.29) is 5.91 Å². The molecule has 1 amide bonds. The normalized spacial score (nSPS) is 16.6. The van der Waals surface area contributed by atoms with E-state index in [1.807, 2.05) is 6.07 Å². The average molecular weight is 394 g/mol. The summed E-state index contributed by atoms with van der Waals surface area (Å²) in [6.45, 7) is 3.89. The molecular weight excluding hydrogens is 373 g/mol. The van der Waals surface area contributed by atoms with Gasteiger partial charge >= 0.3 is 6.18 Å². The van der Waals surface area contributed by atoms with Crippen molar-refractivity contribution in [2.75, 3.05) is 26.2 Å². The summed E-state index contributed by atoms with van der Waals surface area (Å²) in [6, 6.07) is 9.12. The minimum Gasteiger partial charge on any atom is -0.338 e. The maximum absolute atomic E-state index is 12.8. The SMILES string of the molecule is O=C(/C=C\c1cccc(C(F)(F)F)c1)N1CCCN(Cc2cccs2)CC1. The Labute approximate surface area is 160 Å². The average Bonchev–Trinajstić information content (AvgIpc) is 3.03. The Morgan fingerprint density at radius 2 is 1.96 bits per heavy atom. The number of thiophene rings is 1. The van der Waals surface area contributed by atoms with Crippen LogP contribution in [0.1, 0.15) is 22.4 Å². The molecule has 0 N–H and O–H groups in total. The van der Waals surface area contributed by atoms with Gasteiger partial charge in [0.15, 0.2) is 0 Å². The van der Waals surface area contributed by atoms with Gasteiger partial charge in [-0.05, 0) is 41.6 Å². The van der Waals surface area contributed by atoms with Crippen LogP contribution in [-0.2, 0) is 17.5 Å². The van der Waals surface area contributed by atoms with E-state index in [1.54, 1.807) is 22.3 Å². The van der Waals surface area contributed by atoms with E-state index in [9.17, 15) is 18.0 Å². The van der Waals surface area contributed by atoms with Crippen LogP contribution in [0.15, 0.2) is 47.9 Å². The molecule has 2 heterocycles. The summed E-state index contributed by atoms with van der Waals surface area (Å²) in [5, 5.41) is 2.06. The zero-order valence-electron chi connectivity index (χ0n) is 14.8. The lowest BCUT2D eigenvalue weighted by Crippen LogP contribution is -2.33. The van der Waals surface area contributed by atoms with Crippen LogP contribution in [0, 0.1) is 0 Å². The zero-order valence-corrected chi connectivity index (χ0v) is 15.6. The van der Waals surface area contributed by atoms with Crippen LogP contribution < -0.4 is 0 Å². The van der Waals surface area contributed by atoms with Gasteiger partial charge in [-0.2, -0.15) is 13.2 Å². The maximum atomic E-state index is 12.8. The Bertz CT molecular complexity index is 787. The highest BCUT2D eigenvalue weighted by Crippen LogP contribution is 2.29. The molecule has 0 bridgehead atoms. The summed E-state index contributed by atoms with van der Waals surface area (Å²) in [7, 11) is 0. The Balaban J connectivity index is 1.57. The lowest BCUT2D eigenvalue weighted by Gasteiger charge is -2.20. The highest BCUT2D eigenvalue weighted by molar-refractivity contribution is 7.09. The molecule has 144 valence electrons. The molecule has 0 radical (unpaired) electrons. The second kappa shape index (κ2) is 8.71. The van der Waals surface area contributed by atoms with Crippen molar-refractivity contribution < 1.29 is 18.0 Å². The molecule has 1 aliphatic heterocycles. The lowest BCUT2D eigenvalue weighted by atomic mass is 10.1. The fourth-order valence-electron chi connectivity index (χ4n) is 3.06. The molecule has 1 fully saturated rings. The summed E-state index contributed by atoms with van der Waals surface area (Å²) >= 11 is 1.73.